The predicted molar refractivity (Wildman–Crippen MR) is 109 cm³/mol. The summed E-state index contributed by atoms with van der Waals surface area (Å²) >= 11 is 0. The van der Waals surface area contributed by atoms with Gasteiger partial charge in [0.05, 0.1) is 13.2 Å². The normalized spacial score (nSPS) is 25.9. The van der Waals surface area contributed by atoms with Gasteiger partial charge in [0.2, 0.25) is 0 Å². The highest BCUT2D eigenvalue weighted by Gasteiger charge is 2.59. The zero-order valence-corrected chi connectivity index (χ0v) is 19.9. The Hall–Kier alpha value is -3.22. The van der Waals surface area contributed by atoms with Crippen LogP contribution in [0, 0.1) is 0 Å². The first-order valence-corrected chi connectivity index (χ1v) is 10.4. The third-order valence-electron chi connectivity index (χ3n) is 4.36. The number of carbonyl (C=O) groups is 6. The van der Waals surface area contributed by atoms with Crippen LogP contribution in [0.2, 0.25) is 0 Å². The lowest BCUT2D eigenvalue weighted by Crippen LogP contribution is -2.68. The lowest BCUT2D eigenvalue weighted by molar-refractivity contribution is -0.262. The molecular formula is C21H30O13. The molecule has 0 heterocycles. The first-order chi connectivity index (χ1) is 15.8. The van der Waals surface area contributed by atoms with E-state index in [0.717, 1.165) is 34.6 Å². The van der Waals surface area contributed by atoms with Crippen LogP contribution >= 0.6 is 0 Å². The molecule has 0 aromatic rings. The zero-order valence-electron chi connectivity index (χ0n) is 19.9. The number of ether oxygens (including phenoxy) is 7. The summed E-state index contributed by atoms with van der Waals surface area (Å²) < 4.78 is 37.2. The standard InChI is InChI=1S/C21H30O13/c1-10(22)28-8-7-9-29-16-17(30-11(2)23)19(32-13(4)25)21(34-15(6)27)20(33-14(5)26)18(16)31-12(3)24/h16-21H,7-9H2,1-6H3/t16-,17-,18?,19?,20?,21-/m1/s1. The van der Waals surface area contributed by atoms with E-state index in [9.17, 15) is 28.8 Å². The molecule has 0 amide bonds. The average Bonchev–Trinajstić information content (AvgIpc) is 2.67. The van der Waals surface area contributed by atoms with Crippen molar-refractivity contribution in [2.45, 2.75) is 84.6 Å². The molecule has 1 fully saturated rings. The summed E-state index contributed by atoms with van der Waals surface area (Å²) in [4.78, 5) is 70.2. The SMILES string of the molecule is CC(=O)OCCCO[C@H]1C(OC(C)=O)C(OC(C)=O)[C@H](OC(C)=O)C(OC(C)=O)[C@@H]1OC(C)=O. The second-order valence-electron chi connectivity index (χ2n) is 7.40. The van der Waals surface area contributed by atoms with Crippen LogP contribution in [0.5, 0.6) is 0 Å². The van der Waals surface area contributed by atoms with E-state index < -0.39 is 72.4 Å². The third kappa shape index (κ3) is 9.33. The summed E-state index contributed by atoms with van der Waals surface area (Å²) in [6, 6.07) is 0. The van der Waals surface area contributed by atoms with Crippen LogP contribution in [0.1, 0.15) is 48.0 Å². The molecule has 1 saturated carbocycles. The monoisotopic (exact) mass is 490 g/mol. The Balaban J connectivity index is 3.48. The van der Waals surface area contributed by atoms with Crippen LogP contribution in [-0.4, -0.2) is 85.7 Å². The van der Waals surface area contributed by atoms with Gasteiger partial charge in [-0.1, -0.05) is 0 Å². The molecule has 3 unspecified atom stereocenters. The van der Waals surface area contributed by atoms with Crippen molar-refractivity contribution in [3.63, 3.8) is 0 Å². The van der Waals surface area contributed by atoms with Crippen LogP contribution in [0.3, 0.4) is 0 Å². The highest BCUT2D eigenvalue weighted by Crippen LogP contribution is 2.34. The highest BCUT2D eigenvalue weighted by atomic mass is 16.7. The minimum absolute atomic E-state index is 0.00927. The Bertz CT molecular complexity index is 733. The number of hydrogen-bond donors (Lipinski definition) is 0. The first kappa shape index (κ1) is 28.8. The van der Waals surface area contributed by atoms with Gasteiger partial charge in [0.1, 0.15) is 6.10 Å². The van der Waals surface area contributed by atoms with E-state index in [-0.39, 0.29) is 19.6 Å². The maximum Gasteiger partial charge on any atom is 0.303 e. The fraction of sp³-hybridized carbons (Fsp3) is 0.714. The molecule has 0 saturated heterocycles. The van der Waals surface area contributed by atoms with Gasteiger partial charge in [-0.3, -0.25) is 28.8 Å². The van der Waals surface area contributed by atoms with Crippen molar-refractivity contribution in [3.05, 3.63) is 0 Å². The number of esters is 6. The number of rotatable bonds is 10. The third-order valence-corrected chi connectivity index (χ3v) is 4.36. The maximum atomic E-state index is 11.9. The first-order valence-electron chi connectivity index (χ1n) is 10.4. The van der Waals surface area contributed by atoms with Gasteiger partial charge in [0.15, 0.2) is 30.5 Å². The predicted octanol–water partition coefficient (Wildman–Crippen LogP) is -0.00310. The molecule has 1 aliphatic carbocycles. The molecule has 0 radical (unpaired) electrons. The highest BCUT2D eigenvalue weighted by molar-refractivity contribution is 5.70. The van der Waals surface area contributed by atoms with Crippen molar-refractivity contribution in [2.24, 2.45) is 0 Å². The van der Waals surface area contributed by atoms with Crippen LogP contribution < -0.4 is 0 Å². The smallest absolute Gasteiger partial charge is 0.303 e. The fourth-order valence-electron chi connectivity index (χ4n) is 3.43. The Labute approximate surface area is 196 Å². The van der Waals surface area contributed by atoms with Crippen molar-refractivity contribution >= 4 is 35.8 Å². The van der Waals surface area contributed by atoms with Crippen LogP contribution in [-0.2, 0) is 61.9 Å². The molecule has 1 rings (SSSR count). The van der Waals surface area contributed by atoms with E-state index in [1.807, 2.05) is 0 Å². The quantitative estimate of drug-likeness (QED) is 0.228. The summed E-state index contributed by atoms with van der Waals surface area (Å²) in [5.74, 6) is -4.57. The molecule has 34 heavy (non-hydrogen) atoms. The molecule has 6 atom stereocenters. The summed E-state index contributed by atoms with van der Waals surface area (Å²) in [6.45, 7) is 6.55. The molecule has 0 bridgehead atoms. The Morgan fingerprint density at radius 2 is 0.735 bits per heavy atom. The summed E-state index contributed by atoms with van der Waals surface area (Å²) in [6.07, 6.45) is -8.39. The molecule has 0 spiro atoms. The summed E-state index contributed by atoms with van der Waals surface area (Å²) in [5.41, 5.74) is 0. The van der Waals surface area contributed by atoms with E-state index in [1.165, 1.54) is 6.92 Å². The maximum absolute atomic E-state index is 11.9. The number of carbonyl (C=O) groups excluding carboxylic acids is 6. The van der Waals surface area contributed by atoms with Gasteiger partial charge in [-0.2, -0.15) is 0 Å². The largest absolute Gasteiger partial charge is 0.466 e. The molecule has 0 aromatic heterocycles. The molecule has 13 nitrogen and oxygen atoms in total. The van der Waals surface area contributed by atoms with E-state index in [1.54, 1.807) is 0 Å². The van der Waals surface area contributed by atoms with E-state index >= 15 is 0 Å². The molecule has 0 aromatic carbocycles. The second-order valence-corrected chi connectivity index (χ2v) is 7.40. The molecule has 0 N–H and O–H groups in total. The number of hydrogen-bond acceptors (Lipinski definition) is 13. The summed E-state index contributed by atoms with van der Waals surface area (Å²) in [5, 5.41) is 0. The van der Waals surface area contributed by atoms with Gasteiger partial charge in [-0.05, 0) is 0 Å². The fourth-order valence-corrected chi connectivity index (χ4v) is 3.43. The topological polar surface area (TPSA) is 167 Å². The van der Waals surface area contributed by atoms with Crippen molar-refractivity contribution < 1.29 is 61.9 Å². The molecule has 192 valence electrons. The van der Waals surface area contributed by atoms with Crippen LogP contribution in [0.15, 0.2) is 0 Å². The van der Waals surface area contributed by atoms with Gasteiger partial charge in [-0.15, -0.1) is 0 Å². The van der Waals surface area contributed by atoms with Crippen LogP contribution in [0.4, 0.5) is 0 Å². The van der Waals surface area contributed by atoms with E-state index in [4.69, 9.17) is 33.2 Å². The second kappa shape index (κ2) is 13.5. The Kier molecular flexibility index (Phi) is 11.4. The molecule has 13 heteroatoms. The van der Waals surface area contributed by atoms with Gasteiger partial charge >= 0.3 is 35.8 Å². The van der Waals surface area contributed by atoms with Gasteiger partial charge in [-0.25, -0.2) is 0 Å². The Morgan fingerprint density at radius 3 is 1.00 bits per heavy atom. The lowest BCUT2D eigenvalue weighted by Gasteiger charge is -2.47. The van der Waals surface area contributed by atoms with Crippen molar-refractivity contribution in [1.29, 1.82) is 0 Å². The van der Waals surface area contributed by atoms with Gasteiger partial charge < -0.3 is 33.2 Å². The molecule has 1 aliphatic rings. The Morgan fingerprint density at radius 1 is 0.441 bits per heavy atom. The van der Waals surface area contributed by atoms with E-state index in [2.05, 4.69) is 0 Å². The van der Waals surface area contributed by atoms with E-state index in [0.29, 0.717) is 0 Å². The average molecular weight is 490 g/mol. The van der Waals surface area contributed by atoms with Gasteiger partial charge in [0.25, 0.3) is 0 Å². The zero-order chi connectivity index (χ0) is 26.0. The minimum atomic E-state index is -1.50. The van der Waals surface area contributed by atoms with Crippen molar-refractivity contribution in [1.82, 2.24) is 0 Å². The molecular weight excluding hydrogens is 460 g/mol. The molecule has 0 aliphatic heterocycles. The minimum Gasteiger partial charge on any atom is -0.466 e. The van der Waals surface area contributed by atoms with Crippen molar-refractivity contribution in [3.8, 4) is 0 Å². The lowest BCUT2D eigenvalue weighted by atomic mass is 9.83. The summed E-state index contributed by atoms with van der Waals surface area (Å²) in [7, 11) is 0. The van der Waals surface area contributed by atoms with Crippen molar-refractivity contribution in [2.75, 3.05) is 13.2 Å². The van der Waals surface area contributed by atoms with Gasteiger partial charge in [0, 0.05) is 48.0 Å². The van der Waals surface area contributed by atoms with Crippen LogP contribution in [0.25, 0.3) is 0 Å².